The number of anilines is 1. The molecule has 0 bridgehead atoms. The van der Waals surface area contributed by atoms with E-state index in [1.54, 1.807) is 62.8 Å². The average Bonchev–Trinajstić information content (AvgIpc) is 2.73. The fraction of sp³-hybridized carbons (Fsp3) is 0.143. The van der Waals surface area contributed by atoms with Crippen molar-refractivity contribution >= 4 is 15.7 Å². The molecule has 0 aliphatic heterocycles. The van der Waals surface area contributed by atoms with Crippen molar-refractivity contribution in [2.75, 3.05) is 18.5 Å². The lowest BCUT2D eigenvalue weighted by Crippen LogP contribution is -2.30. The lowest BCUT2D eigenvalue weighted by atomic mass is 10.2. The Bertz CT molecular complexity index is 969. The van der Waals surface area contributed by atoms with Crippen LogP contribution in [0.5, 0.6) is 11.5 Å². The van der Waals surface area contributed by atoms with Gasteiger partial charge in [0.05, 0.1) is 31.3 Å². The summed E-state index contributed by atoms with van der Waals surface area (Å²) in [6.45, 7) is 0.224. The number of methoxy groups -OCH3 is 2. The maximum absolute atomic E-state index is 13.3. The van der Waals surface area contributed by atoms with E-state index in [0.29, 0.717) is 17.2 Å². The highest BCUT2D eigenvalue weighted by Gasteiger charge is 2.25. The van der Waals surface area contributed by atoms with Crippen LogP contribution in [0.2, 0.25) is 0 Å². The molecule has 0 saturated carbocycles. The Morgan fingerprint density at radius 2 is 1.26 bits per heavy atom. The van der Waals surface area contributed by atoms with Gasteiger partial charge in [-0.3, -0.25) is 4.31 Å². The summed E-state index contributed by atoms with van der Waals surface area (Å²) in [6, 6.07) is 22.8. The van der Waals surface area contributed by atoms with Crippen LogP contribution in [0.4, 0.5) is 5.69 Å². The van der Waals surface area contributed by atoms with E-state index in [-0.39, 0.29) is 11.4 Å². The number of nitrogens with zero attached hydrogens (tertiary/aromatic N) is 1. The molecule has 0 N–H and O–H groups in total. The number of rotatable bonds is 7. The maximum Gasteiger partial charge on any atom is 0.264 e. The molecule has 0 amide bonds. The van der Waals surface area contributed by atoms with Crippen LogP contribution in [0.1, 0.15) is 5.56 Å². The molecule has 0 heterocycles. The molecular formula is C21H21NO4S. The highest BCUT2D eigenvalue weighted by atomic mass is 32.2. The smallest absolute Gasteiger partial charge is 0.264 e. The summed E-state index contributed by atoms with van der Waals surface area (Å²) in [5.74, 6) is 1.27. The first-order valence-electron chi connectivity index (χ1n) is 8.39. The molecule has 6 heteroatoms. The zero-order valence-corrected chi connectivity index (χ0v) is 16.0. The predicted octanol–water partition coefficient (Wildman–Crippen LogP) is 4.10. The third-order valence-corrected chi connectivity index (χ3v) is 5.96. The summed E-state index contributed by atoms with van der Waals surface area (Å²) in [7, 11) is -0.641. The van der Waals surface area contributed by atoms with Crippen LogP contribution >= 0.6 is 0 Å². The van der Waals surface area contributed by atoms with Crippen LogP contribution < -0.4 is 13.8 Å². The van der Waals surface area contributed by atoms with Gasteiger partial charge in [-0.2, -0.15) is 0 Å². The molecule has 0 atom stereocenters. The van der Waals surface area contributed by atoms with Gasteiger partial charge in [-0.25, -0.2) is 8.42 Å². The van der Waals surface area contributed by atoms with Crippen molar-refractivity contribution < 1.29 is 17.9 Å². The predicted molar refractivity (Wildman–Crippen MR) is 106 cm³/mol. The molecule has 3 rings (SSSR count). The second-order valence-electron chi connectivity index (χ2n) is 5.87. The fourth-order valence-electron chi connectivity index (χ4n) is 2.69. The van der Waals surface area contributed by atoms with Crippen LogP contribution in [-0.4, -0.2) is 22.6 Å². The Morgan fingerprint density at radius 3 is 1.78 bits per heavy atom. The summed E-state index contributed by atoms with van der Waals surface area (Å²) >= 11 is 0. The number of hydrogen-bond donors (Lipinski definition) is 0. The van der Waals surface area contributed by atoms with Crippen molar-refractivity contribution in [3.63, 3.8) is 0 Å². The monoisotopic (exact) mass is 383 g/mol. The minimum Gasteiger partial charge on any atom is -0.497 e. The third-order valence-electron chi connectivity index (χ3n) is 4.18. The Labute approximate surface area is 159 Å². The summed E-state index contributed by atoms with van der Waals surface area (Å²) in [5.41, 5.74) is 1.46. The van der Waals surface area contributed by atoms with Gasteiger partial charge in [0.1, 0.15) is 11.5 Å². The Balaban J connectivity index is 2.03. The molecule has 3 aromatic carbocycles. The van der Waals surface area contributed by atoms with Crippen LogP contribution in [0.15, 0.2) is 83.8 Å². The molecule has 0 aliphatic carbocycles. The lowest BCUT2D eigenvalue weighted by Gasteiger charge is -2.25. The molecule has 0 unspecified atom stereocenters. The number of ether oxygens (including phenoxy) is 2. The van der Waals surface area contributed by atoms with Gasteiger partial charge in [-0.1, -0.05) is 30.3 Å². The van der Waals surface area contributed by atoms with Crippen molar-refractivity contribution in [1.82, 2.24) is 0 Å². The molecule has 0 saturated heterocycles. The van der Waals surface area contributed by atoms with E-state index in [9.17, 15) is 8.42 Å². The normalized spacial score (nSPS) is 11.0. The van der Waals surface area contributed by atoms with Gasteiger partial charge in [0.2, 0.25) is 0 Å². The standard InChI is InChI=1S/C21H21NO4S/c1-25-19-10-8-18(9-11-19)22(16-17-6-4-3-5-7-17)27(23,24)21-14-12-20(26-2)13-15-21/h3-15H,16H2,1-2H3. The molecule has 0 spiro atoms. The molecule has 27 heavy (non-hydrogen) atoms. The van der Waals surface area contributed by atoms with E-state index < -0.39 is 10.0 Å². The molecule has 0 aliphatic rings. The van der Waals surface area contributed by atoms with Gasteiger partial charge in [0, 0.05) is 0 Å². The van der Waals surface area contributed by atoms with Gasteiger partial charge in [-0.15, -0.1) is 0 Å². The van der Waals surface area contributed by atoms with E-state index in [1.165, 1.54) is 4.31 Å². The topological polar surface area (TPSA) is 55.8 Å². The van der Waals surface area contributed by atoms with Crippen LogP contribution in [0.25, 0.3) is 0 Å². The summed E-state index contributed by atoms with van der Waals surface area (Å²) in [6.07, 6.45) is 0. The van der Waals surface area contributed by atoms with E-state index in [2.05, 4.69) is 0 Å². The van der Waals surface area contributed by atoms with Crippen molar-refractivity contribution in [3.8, 4) is 11.5 Å². The van der Waals surface area contributed by atoms with E-state index in [0.717, 1.165) is 5.56 Å². The first-order chi connectivity index (χ1) is 13.0. The second-order valence-corrected chi connectivity index (χ2v) is 7.73. The lowest BCUT2D eigenvalue weighted by molar-refractivity contribution is 0.414. The molecule has 3 aromatic rings. The van der Waals surface area contributed by atoms with Gasteiger partial charge < -0.3 is 9.47 Å². The molecule has 0 aromatic heterocycles. The van der Waals surface area contributed by atoms with Crippen LogP contribution in [-0.2, 0) is 16.6 Å². The van der Waals surface area contributed by atoms with Crippen molar-refractivity contribution in [2.24, 2.45) is 0 Å². The SMILES string of the molecule is COc1ccc(N(Cc2ccccc2)S(=O)(=O)c2ccc(OC)cc2)cc1. The van der Waals surface area contributed by atoms with Crippen LogP contribution in [0.3, 0.4) is 0 Å². The largest absolute Gasteiger partial charge is 0.497 e. The summed E-state index contributed by atoms with van der Waals surface area (Å²) in [4.78, 5) is 0.204. The van der Waals surface area contributed by atoms with Crippen molar-refractivity contribution in [1.29, 1.82) is 0 Å². The number of benzene rings is 3. The minimum absolute atomic E-state index is 0.204. The Hall–Kier alpha value is -2.99. The molecule has 0 fully saturated rings. The van der Waals surface area contributed by atoms with E-state index in [4.69, 9.17) is 9.47 Å². The van der Waals surface area contributed by atoms with Crippen LogP contribution in [0, 0.1) is 0 Å². The molecule has 0 radical (unpaired) electrons. The Kier molecular flexibility index (Phi) is 5.66. The fourth-order valence-corrected chi connectivity index (χ4v) is 4.14. The summed E-state index contributed by atoms with van der Waals surface area (Å²) in [5, 5.41) is 0. The van der Waals surface area contributed by atoms with Crippen molar-refractivity contribution in [3.05, 3.63) is 84.4 Å². The maximum atomic E-state index is 13.3. The zero-order chi connectivity index (χ0) is 19.3. The van der Waals surface area contributed by atoms with E-state index >= 15 is 0 Å². The van der Waals surface area contributed by atoms with Crippen molar-refractivity contribution in [2.45, 2.75) is 11.4 Å². The van der Waals surface area contributed by atoms with Gasteiger partial charge in [0.15, 0.2) is 0 Å². The zero-order valence-electron chi connectivity index (χ0n) is 15.2. The highest BCUT2D eigenvalue weighted by molar-refractivity contribution is 7.92. The number of sulfonamides is 1. The molecule has 5 nitrogen and oxygen atoms in total. The first kappa shape index (κ1) is 18.8. The van der Waals surface area contributed by atoms with E-state index in [1.807, 2.05) is 30.3 Å². The minimum atomic E-state index is -3.76. The average molecular weight is 383 g/mol. The van der Waals surface area contributed by atoms with Gasteiger partial charge >= 0.3 is 0 Å². The summed E-state index contributed by atoms with van der Waals surface area (Å²) < 4.78 is 38.4. The molecular weight excluding hydrogens is 362 g/mol. The molecule has 140 valence electrons. The second kappa shape index (κ2) is 8.14. The third kappa shape index (κ3) is 4.23. The number of hydrogen-bond acceptors (Lipinski definition) is 4. The van der Waals surface area contributed by atoms with Gasteiger partial charge in [0.25, 0.3) is 10.0 Å². The highest BCUT2D eigenvalue weighted by Crippen LogP contribution is 2.28. The Morgan fingerprint density at radius 1 is 0.741 bits per heavy atom. The quantitative estimate of drug-likeness (QED) is 0.616. The van der Waals surface area contributed by atoms with Gasteiger partial charge in [-0.05, 0) is 54.1 Å². The first-order valence-corrected chi connectivity index (χ1v) is 9.83.